The predicted molar refractivity (Wildman–Crippen MR) is 79.7 cm³/mol. The molecule has 1 unspecified atom stereocenters. The Kier molecular flexibility index (Phi) is 4.30. The summed E-state index contributed by atoms with van der Waals surface area (Å²) in [6.45, 7) is 5.78. The van der Waals surface area contributed by atoms with Crippen molar-refractivity contribution in [3.05, 3.63) is 40.4 Å². The molecular formula is C14H19N5O3. The predicted octanol–water partition coefficient (Wildman–Crippen LogP) is 1.01. The third-order valence-corrected chi connectivity index (χ3v) is 3.04. The summed E-state index contributed by atoms with van der Waals surface area (Å²) in [6.07, 6.45) is 6.52. The number of hydrogen-bond acceptors (Lipinski definition) is 5. The van der Waals surface area contributed by atoms with E-state index in [1.165, 1.54) is 6.08 Å². The SMILES string of the molecule is Cn1cc(/C=C/C(=O)NC(c2noc(=O)[nH]2)C(C)(C)C)cn1. The van der Waals surface area contributed by atoms with Crippen LogP contribution in [0.5, 0.6) is 0 Å². The molecule has 0 fully saturated rings. The minimum absolute atomic E-state index is 0.292. The van der Waals surface area contributed by atoms with E-state index in [0.717, 1.165) is 5.56 Å². The van der Waals surface area contributed by atoms with Crippen molar-refractivity contribution in [1.82, 2.24) is 25.2 Å². The monoisotopic (exact) mass is 305 g/mol. The molecule has 2 aromatic heterocycles. The molecule has 0 saturated carbocycles. The van der Waals surface area contributed by atoms with Gasteiger partial charge in [-0.2, -0.15) is 5.10 Å². The molecule has 1 amide bonds. The first-order chi connectivity index (χ1) is 10.3. The summed E-state index contributed by atoms with van der Waals surface area (Å²) < 4.78 is 6.16. The van der Waals surface area contributed by atoms with E-state index in [9.17, 15) is 9.59 Å². The van der Waals surface area contributed by atoms with Gasteiger partial charge in [0.05, 0.1) is 12.2 Å². The Balaban J connectivity index is 2.12. The van der Waals surface area contributed by atoms with E-state index in [-0.39, 0.29) is 11.3 Å². The molecule has 0 aliphatic rings. The molecule has 0 saturated heterocycles. The number of carbonyl (C=O) groups is 1. The third kappa shape index (κ3) is 3.94. The smallest absolute Gasteiger partial charge is 0.342 e. The van der Waals surface area contributed by atoms with Gasteiger partial charge in [-0.15, -0.1) is 0 Å². The van der Waals surface area contributed by atoms with Crippen LogP contribution >= 0.6 is 0 Å². The quantitative estimate of drug-likeness (QED) is 0.820. The Hall–Kier alpha value is -2.64. The second-order valence-corrected chi connectivity index (χ2v) is 6.07. The Bertz CT molecular complexity index is 732. The summed E-state index contributed by atoms with van der Waals surface area (Å²) in [5.41, 5.74) is 0.470. The summed E-state index contributed by atoms with van der Waals surface area (Å²) in [5, 5.41) is 10.5. The van der Waals surface area contributed by atoms with Crippen LogP contribution in [0.1, 0.15) is 38.2 Å². The van der Waals surface area contributed by atoms with E-state index in [1.54, 1.807) is 30.2 Å². The molecule has 22 heavy (non-hydrogen) atoms. The number of nitrogens with one attached hydrogen (secondary N) is 2. The number of aryl methyl sites for hydroxylation is 1. The van der Waals surface area contributed by atoms with Crippen LogP contribution in [0, 0.1) is 5.41 Å². The highest BCUT2D eigenvalue weighted by Gasteiger charge is 2.30. The first kappa shape index (κ1) is 15.7. The van der Waals surface area contributed by atoms with Gasteiger partial charge < -0.3 is 5.32 Å². The van der Waals surface area contributed by atoms with E-state index >= 15 is 0 Å². The van der Waals surface area contributed by atoms with Gasteiger partial charge in [0.1, 0.15) is 0 Å². The van der Waals surface area contributed by atoms with Crippen molar-refractivity contribution in [2.75, 3.05) is 0 Å². The summed E-state index contributed by atoms with van der Waals surface area (Å²) in [7, 11) is 1.80. The van der Waals surface area contributed by atoms with E-state index in [2.05, 4.69) is 25.1 Å². The van der Waals surface area contributed by atoms with Gasteiger partial charge >= 0.3 is 5.76 Å². The molecule has 0 aromatic carbocycles. The molecule has 2 heterocycles. The molecule has 0 aliphatic carbocycles. The molecule has 8 nitrogen and oxygen atoms in total. The number of H-pyrrole nitrogens is 1. The van der Waals surface area contributed by atoms with Gasteiger partial charge in [0.2, 0.25) is 5.91 Å². The van der Waals surface area contributed by atoms with Crippen molar-refractivity contribution in [2.24, 2.45) is 12.5 Å². The van der Waals surface area contributed by atoms with Crippen molar-refractivity contribution >= 4 is 12.0 Å². The molecule has 2 aromatic rings. The summed E-state index contributed by atoms with van der Waals surface area (Å²) in [5.74, 6) is -0.655. The largest absolute Gasteiger partial charge is 0.438 e. The van der Waals surface area contributed by atoms with Crippen LogP contribution < -0.4 is 11.1 Å². The average molecular weight is 305 g/mol. The van der Waals surface area contributed by atoms with E-state index < -0.39 is 11.8 Å². The molecule has 118 valence electrons. The first-order valence-electron chi connectivity index (χ1n) is 6.79. The minimum Gasteiger partial charge on any atom is -0.342 e. The molecule has 8 heteroatoms. The van der Waals surface area contributed by atoms with E-state index in [1.807, 2.05) is 20.8 Å². The summed E-state index contributed by atoms with van der Waals surface area (Å²) in [4.78, 5) is 25.7. The fourth-order valence-electron chi connectivity index (χ4n) is 1.95. The zero-order chi connectivity index (χ0) is 16.3. The molecule has 0 aliphatic heterocycles. The number of rotatable bonds is 4. The topological polar surface area (TPSA) is 106 Å². The molecule has 2 N–H and O–H groups in total. The lowest BCUT2D eigenvalue weighted by Crippen LogP contribution is -2.36. The molecule has 0 radical (unpaired) electrons. The van der Waals surface area contributed by atoms with Gasteiger partial charge in [-0.3, -0.25) is 19.0 Å². The van der Waals surface area contributed by atoms with Crippen molar-refractivity contribution in [1.29, 1.82) is 0 Å². The van der Waals surface area contributed by atoms with Crippen LogP contribution in [0.3, 0.4) is 0 Å². The van der Waals surface area contributed by atoms with Crippen LogP contribution in [-0.2, 0) is 11.8 Å². The highest BCUT2D eigenvalue weighted by atomic mass is 16.5. The standard InChI is InChI=1S/C14H19N5O3/c1-14(2,3)11(12-17-13(21)22-18-12)16-10(20)6-5-9-7-15-19(4)8-9/h5-8,11H,1-4H3,(H,16,20)(H,17,18,21)/b6-5+. The second kappa shape index (κ2) is 6.00. The average Bonchev–Trinajstić information content (AvgIpc) is 3.01. The minimum atomic E-state index is -0.649. The van der Waals surface area contributed by atoms with Crippen LogP contribution in [0.4, 0.5) is 0 Å². The lowest BCUT2D eigenvalue weighted by Gasteiger charge is -2.28. The Morgan fingerprint density at radius 2 is 2.23 bits per heavy atom. The summed E-state index contributed by atoms with van der Waals surface area (Å²) in [6, 6.07) is -0.481. The fraction of sp³-hybridized carbons (Fsp3) is 0.429. The number of amides is 1. The number of aromatic nitrogens is 4. The first-order valence-corrected chi connectivity index (χ1v) is 6.79. The van der Waals surface area contributed by atoms with Gasteiger partial charge in [-0.25, -0.2) is 4.79 Å². The van der Waals surface area contributed by atoms with Crippen LogP contribution in [-0.4, -0.2) is 25.8 Å². The second-order valence-electron chi connectivity index (χ2n) is 6.07. The molecule has 2 rings (SSSR count). The lowest BCUT2D eigenvalue weighted by molar-refractivity contribution is -0.118. The van der Waals surface area contributed by atoms with Crippen molar-refractivity contribution in [3.8, 4) is 0 Å². The van der Waals surface area contributed by atoms with Crippen LogP contribution in [0.2, 0.25) is 0 Å². The maximum absolute atomic E-state index is 12.1. The van der Waals surface area contributed by atoms with Crippen LogP contribution in [0.25, 0.3) is 6.08 Å². The van der Waals surface area contributed by atoms with E-state index in [0.29, 0.717) is 5.82 Å². The lowest BCUT2D eigenvalue weighted by atomic mass is 9.86. The molecule has 0 spiro atoms. The highest BCUT2D eigenvalue weighted by molar-refractivity contribution is 5.91. The Morgan fingerprint density at radius 1 is 1.50 bits per heavy atom. The summed E-state index contributed by atoms with van der Waals surface area (Å²) >= 11 is 0. The highest BCUT2D eigenvalue weighted by Crippen LogP contribution is 2.30. The number of hydrogen-bond donors (Lipinski definition) is 2. The maximum Gasteiger partial charge on any atom is 0.438 e. The number of nitrogens with zero attached hydrogens (tertiary/aromatic N) is 3. The maximum atomic E-state index is 12.1. The van der Waals surface area contributed by atoms with Crippen molar-refractivity contribution in [2.45, 2.75) is 26.8 Å². The van der Waals surface area contributed by atoms with Crippen LogP contribution in [0.15, 0.2) is 27.8 Å². The van der Waals surface area contributed by atoms with Crippen molar-refractivity contribution in [3.63, 3.8) is 0 Å². The van der Waals surface area contributed by atoms with Gasteiger partial charge in [0.25, 0.3) is 0 Å². The number of aromatic amines is 1. The normalized spacial score (nSPS) is 13.5. The van der Waals surface area contributed by atoms with Gasteiger partial charge in [0.15, 0.2) is 5.82 Å². The number of carbonyl (C=O) groups excluding carboxylic acids is 1. The Labute approximate surface area is 127 Å². The Morgan fingerprint density at radius 3 is 2.73 bits per heavy atom. The fourth-order valence-corrected chi connectivity index (χ4v) is 1.95. The zero-order valence-electron chi connectivity index (χ0n) is 13.0. The third-order valence-electron chi connectivity index (χ3n) is 3.04. The van der Waals surface area contributed by atoms with Gasteiger partial charge in [-0.1, -0.05) is 25.9 Å². The molecular weight excluding hydrogens is 286 g/mol. The van der Waals surface area contributed by atoms with E-state index in [4.69, 9.17) is 0 Å². The zero-order valence-corrected chi connectivity index (χ0v) is 13.0. The molecule has 0 bridgehead atoms. The van der Waals surface area contributed by atoms with Gasteiger partial charge in [-0.05, 0) is 11.5 Å². The van der Waals surface area contributed by atoms with Crippen molar-refractivity contribution < 1.29 is 9.32 Å². The van der Waals surface area contributed by atoms with Gasteiger partial charge in [0, 0.05) is 24.9 Å². The molecule has 1 atom stereocenters.